The van der Waals surface area contributed by atoms with Gasteiger partial charge in [0.15, 0.2) is 0 Å². The first-order valence-electron chi connectivity index (χ1n) is 6.52. The van der Waals surface area contributed by atoms with Crippen molar-refractivity contribution in [2.75, 3.05) is 12.3 Å². The number of rotatable bonds is 5. The first kappa shape index (κ1) is 12.7. The van der Waals surface area contributed by atoms with Gasteiger partial charge in [-0.1, -0.05) is 26.7 Å². The van der Waals surface area contributed by atoms with Crippen LogP contribution in [0.1, 0.15) is 26.7 Å². The number of nitrogens with zero attached hydrogens (tertiary/aromatic N) is 1. The SMILES string of the molecule is CCC(CC)COc1ccc(N)c2cccnc12. The normalized spacial score (nSPS) is 11.1. The molecule has 1 heterocycles. The van der Waals surface area contributed by atoms with E-state index < -0.39 is 0 Å². The largest absolute Gasteiger partial charge is 0.491 e. The summed E-state index contributed by atoms with van der Waals surface area (Å²) >= 11 is 0. The van der Waals surface area contributed by atoms with Gasteiger partial charge < -0.3 is 10.5 Å². The van der Waals surface area contributed by atoms with Crippen molar-refractivity contribution >= 4 is 16.6 Å². The quantitative estimate of drug-likeness (QED) is 0.817. The van der Waals surface area contributed by atoms with Gasteiger partial charge in [-0.25, -0.2) is 0 Å². The molecule has 1 aromatic heterocycles. The summed E-state index contributed by atoms with van der Waals surface area (Å²) in [6.45, 7) is 5.12. The predicted octanol–water partition coefficient (Wildman–Crippen LogP) is 3.63. The van der Waals surface area contributed by atoms with Crippen LogP contribution in [0, 0.1) is 5.92 Å². The van der Waals surface area contributed by atoms with Crippen molar-refractivity contribution in [2.24, 2.45) is 5.92 Å². The lowest BCUT2D eigenvalue weighted by molar-refractivity contribution is 0.242. The topological polar surface area (TPSA) is 48.1 Å². The van der Waals surface area contributed by atoms with Crippen LogP contribution in [-0.2, 0) is 0 Å². The molecule has 0 fully saturated rings. The van der Waals surface area contributed by atoms with E-state index in [-0.39, 0.29) is 0 Å². The van der Waals surface area contributed by atoms with Crippen LogP contribution in [0.15, 0.2) is 30.5 Å². The first-order valence-corrected chi connectivity index (χ1v) is 6.52. The third-order valence-corrected chi connectivity index (χ3v) is 3.40. The molecule has 0 amide bonds. The van der Waals surface area contributed by atoms with Gasteiger partial charge in [-0.3, -0.25) is 4.98 Å². The van der Waals surface area contributed by atoms with Crippen LogP contribution in [-0.4, -0.2) is 11.6 Å². The van der Waals surface area contributed by atoms with Crippen molar-refractivity contribution in [3.8, 4) is 5.75 Å². The average Bonchev–Trinajstić information content (AvgIpc) is 2.42. The Morgan fingerprint density at radius 1 is 1.22 bits per heavy atom. The third-order valence-electron chi connectivity index (χ3n) is 3.40. The number of benzene rings is 1. The zero-order valence-corrected chi connectivity index (χ0v) is 11.0. The zero-order chi connectivity index (χ0) is 13.0. The van der Waals surface area contributed by atoms with Gasteiger partial charge >= 0.3 is 0 Å². The van der Waals surface area contributed by atoms with Crippen molar-refractivity contribution in [3.05, 3.63) is 30.5 Å². The lowest BCUT2D eigenvalue weighted by Gasteiger charge is -2.15. The predicted molar refractivity (Wildman–Crippen MR) is 75.7 cm³/mol. The zero-order valence-electron chi connectivity index (χ0n) is 11.0. The highest BCUT2D eigenvalue weighted by Gasteiger charge is 2.09. The number of pyridine rings is 1. The summed E-state index contributed by atoms with van der Waals surface area (Å²) in [6.07, 6.45) is 4.04. The van der Waals surface area contributed by atoms with Crippen LogP contribution >= 0.6 is 0 Å². The number of aromatic nitrogens is 1. The molecule has 2 aromatic rings. The van der Waals surface area contributed by atoms with E-state index in [0.717, 1.165) is 41.8 Å². The summed E-state index contributed by atoms with van der Waals surface area (Å²) < 4.78 is 5.90. The number of hydrogen-bond acceptors (Lipinski definition) is 3. The molecule has 0 bridgehead atoms. The number of hydrogen-bond donors (Lipinski definition) is 1. The number of ether oxygens (including phenoxy) is 1. The maximum atomic E-state index is 5.94. The van der Waals surface area contributed by atoms with Gasteiger partial charge in [0, 0.05) is 17.3 Å². The van der Waals surface area contributed by atoms with Crippen molar-refractivity contribution in [3.63, 3.8) is 0 Å². The molecule has 3 nitrogen and oxygen atoms in total. The first-order chi connectivity index (χ1) is 8.76. The lowest BCUT2D eigenvalue weighted by atomic mass is 10.1. The molecular formula is C15H20N2O. The Kier molecular flexibility index (Phi) is 4.03. The maximum Gasteiger partial charge on any atom is 0.145 e. The van der Waals surface area contributed by atoms with E-state index in [2.05, 4.69) is 18.8 Å². The van der Waals surface area contributed by atoms with Crippen molar-refractivity contribution in [1.29, 1.82) is 0 Å². The number of nitrogens with two attached hydrogens (primary N) is 1. The molecular weight excluding hydrogens is 224 g/mol. The summed E-state index contributed by atoms with van der Waals surface area (Å²) in [4.78, 5) is 4.37. The van der Waals surface area contributed by atoms with Gasteiger partial charge in [-0.2, -0.15) is 0 Å². The van der Waals surface area contributed by atoms with Crippen molar-refractivity contribution in [2.45, 2.75) is 26.7 Å². The number of anilines is 1. The second-order valence-corrected chi connectivity index (χ2v) is 4.55. The van der Waals surface area contributed by atoms with E-state index in [0.29, 0.717) is 5.92 Å². The second kappa shape index (κ2) is 5.71. The highest BCUT2D eigenvalue weighted by molar-refractivity contribution is 5.94. The lowest BCUT2D eigenvalue weighted by Crippen LogP contribution is -2.10. The van der Waals surface area contributed by atoms with Crippen molar-refractivity contribution < 1.29 is 4.74 Å². The fourth-order valence-electron chi connectivity index (χ4n) is 2.02. The van der Waals surface area contributed by atoms with Crippen LogP contribution in [0.5, 0.6) is 5.75 Å². The van der Waals surface area contributed by atoms with E-state index in [9.17, 15) is 0 Å². The van der Waals surface area contributed by atoms with Gasteiger partial charge in [-0.05, 0) is 30.2 Å². The Morgan fingerprint density at radius 3 is 2.72 bits per heavy atom. The van der Waals surface area contributed by atoms with Gasteiger partial charge in [0.05, 0.1) is 6.61 Å². The molecule has 0 radical (unpaired) electrons. The third kappa shape index (κ3) is 2.55. The highest BCUT2D eigenvalue weighted by Crippen LogP contribution is 2.28. The molecule has 0 atom stereocenters. The smallest absolute Gasteiger partial charge is 0.145 e. The van der Waals surface area contributed by atoms with Crippen LogP contribution < -0.4 is 10.5 Å². The van der Waals surface area contributed by atoms with Crippen LogP contribution in [0.3, 0.4) is 0 Å². The van der Waals surface area contributed by atoms with Crippen LogP contribution in [0.4, 0.5) is 5.69 Å². The fraction of sp³-hybridized carbons (Fsp3) is 0.400. The molecule has 2 N–H and O–H groups in total. The maximum absolute atomic E-state index is 5.94. The van der Waals surface area contributed by atoms with E-state index >= 15 is 0 Å². The molecule has 0 aliphatic rings. The van der Waals surface area contributed by atoms with E-state index in [1.54, 1.807) is 6.20 Å². The van der Waals surface area contributed by atoms with Gasteiger partial charge in [0.1, 0.15) is 11.3 Å². The Hall–Kier alpha value is -1.77. The molecule has 1 aromatic carbocycles. The summed E-state index contributed by atoms with van der Waals surface area (Å²) in [7, 11) is 0. The molecule has 0 saturated carbocycles. The summed E-state index contributed by atoms with van der Waals surface area (Å²) in [6, 6.07) is 7.66. The minimum atomic E-state index is 0.598. The van der Waals surface area contributed by atoms with Crippen LogP contribution in [0.2, 0.25) is 0 Å². The van der Waals surface area contributed by atoms with Gasteiger partial charge in [-0.15, -0.1) is 0 Å². The van der Waals surface area contributed by atoms with Crippen molar-refractivity contribution in [1.82, 2.24) is 4.98 Å². The molecule has 0 aliphatic heterocycles. The minimum absolute atomic E-state index is 0.598. The van der Waals surface area contributed by atoms with Gasteiger partial charge in [0.25, 0.3) is 0 Å². The Balaban J connectivity index is 2.26. The summed E-state index contributed by atoms with van der Waals surface area (Å²) in [5.74, 6) is 1.42. The standard InChI is InChI=1S/C15H20N2O/c1-3-11(4-2)10-18-14-8-7-13(16)12-6-5-9-17-15(12)14/h5-9,11H,3-4,10,16H2,1-2H3. The molecule has 2 rings (SSSR count). The Bertz CT molecular complexity index is 521. The molecule has 0 saturated heterocycles. The minimum Gasteiger partial charge on any atom is -0.491 e. The molecule has 0 spiro atoms. The summed E-state index contributed by atoms with van der Waals surface area (Å²) in [5, 5.41) is 0.958. The Labute approximate surface area is 108 Å². The van der Waals surface area contributed by atoms with E-state index in [1.807, 2.05) is 24.3 Å². The molecule has 0 aliphatic carbocycles. The van der Waals surface area contributed by atoms with Gasteiger partial charge in [0.2, 0.25) is 0 Å². The second-order valence-electron chi connectivity index (χ2n) is 4.55. The fourth-order valence-corrected chi connectivity index (χ4v) is 2.02. The molecule has 96 valence electrons. The number of nitrogen functional groups attached to an aromatic ring is 1. The monoisotopic (exact) mass is 244 g/mol. The molecule has 0 unspecified atom stereocenters. The Morgan fingerprint density at radius 2 is 2.00 bits per heavy atom. The van der Waals surface area contributed by atoms with Crippen LogP contribution in [0.25, 0.3) is 10.9 Å². The van der Waals surface area contributed by atoms with E-state index in [4.69, 9.17) is 10.5 Å². The molecule has 18 heavy (non-hydrogen) atoms. The number of fused-ring (bicyclic) bond motifs is 1. The molecule has 3 heteroatoms. The average molecular weight is 244 g/mol. The summed E-state index contributed by atoms with van der Waals surface area (Å²) in [5.41, 5.74) is 7.53. The highest BCUT2D eigenvalue weighted by atomic mass is 16.5. The van der Waals surface area contributed by atoms with E-state index in [1.165, 1.54) is 0 Å².